The number of nitrogens with one attached hydrogen (secondary N) is 1. The van der Waals surface area contributed by atoms with Gasteiger partial charge in [0.05, 0.1) is 18.9 Å². The van der Waals surface area contributed by atoms with Crippen LogP contribution in [0.1, 0.15) is 51.4 Å². The Kier molecular flexibility index (Phi) is 6.72. The van der Waals surface area contributed by atoms with Crippen molar-refractivity contribution in [3.8, 4) is 5.75 Å². The number of hydrogen-bond acceptors (Lipinski definition) is 3. The first kappa shape index (κ1) is 17.6. The van der Waals surface area contributed by atoms with Crippen molar-refractivity contribution in [2.75, 3.05) is 6.54 Å². The molecule has 0 saturated carbocycles. The Bertz CT molecular complexity index is 544. The highest BCUT2D eigenvalue weighted by Crippen LogP contribution is 2.29. The zero-order valence-electron chi connectivity index (χ0n) is 14.7. The summed E-state index contributed by atoms with van der Waals surface area (Å²) in [7, 11) is 0. The fraction of sp³-hybridized carbons (Fsp3) is 0.500. The van der Waals surface area contributed by atoms with Gasteiger partial charge < -0.3 is 14.5 Å². The van der Waals surface area contributed by atoms with Gasteiger partial charge in [-0.25, -0.2) is 0 Å². The molecule has 0 amide bonds. The molecule has 126 valence electrons. The molecule has 2 rings (SSSR count). The highest BCUT2D eigenvalue weighted by Gasteiger charge is 2.15. The molecule has 1 N–H and O–H groups in total. The van der Waals surface area contributed by atoms with Gasteiger partial charge in [0, 0.05) is 0 Å². The fourth-order valence-electron chi connectivity index (χ4n) is 2.83. The van der Waals surface area contributed by atoms with Crippen LogP contribution >= 0.6 is 0 Å². The molecule has 1 heterocycles. The summed E-state index contributed by atoms with van der Waals surface area (Å²) in [6.45, 7) is 10.4. The molecule has 3 nitrogen and oxygen atoms in total. The molecule has 0 fully saturated rings. The summed E-state index contributed by atoms with van der Waals surface area (Å²) in [6, 6.07) is 12.5. The van der Waals surface area contributed by atoms with E-state index in [1.165, 1.54) is 5.56 Å². The van der Waals surface area contributed by atoms with Gasteiger partial charge >= 0.3 is 0 Å². The first-order valence-corrected chi connectivity index (χ1v) is 8.56. The van der Waals surface area contributed by atoms with Crippen molar-refractivity contribution in [2.24, 2.45) is 5.92 Å². The van der Waals surface area contributed by atoms with Crippen LogP contribution in [0.3, 0.4) is 0 Å². The van der Waals surface area contributed by atoms with E-state index in [9.17, 15) is 0 Å². The normalized spacial score (nSPS) is 12.8. The first-order chi connectivity index (χ1) is 11.1. The van der Waals surface area contributed by atoms with Crippen LogP contribution in [0.2, 0.25) is 0 Å². The van der Waals surface area contributed by atoms with E-state index in [4.69, 9.17) is 9.15 Å². The van der Waals surface area contributed by atoms with E-state index < -0.39 is 0 Å². The molecule has 0 aliphatic rings. The van der Waals surface area contributed by atoms with E-state index >= 15 is 0 Å². The summed E-state index contributed by atoms with van der Waals surface area (Å²) in [5.74, 6) is 3.09. The lowest BCUT2D eigenvalue weighted by atomic mass is 9.86. The molecule has 1 atom stereocenters. The van der Waals surface area contributed by atoms with E-state index in [1.54, 1.807) is 6.26 Å². The zero-order chi connectivity index (χ0) is 16.7. The Balaban J connectivity index is 1.87. The molecule has 2 aromatic rings. The lowest BCUT2D eigenvalue weighted by molar-refractivity contribution is 0.242. The molecule has 0 aliphatic carbocycles. The van der Waals surface area contributed by atoms with Crippen molar-refractivity contribution in [3.63, 3.8) is 0 Å². The van der Waals surface area contributed by atoms with Crippen molar-refractivity contribution >= 4 is 0 Å². The van der Waals surface area contributed by atoms with Gasteiger partial charge in [-0.1, -0.05) is 26.0 Å². The summed E-state index contributed by atoms with van der Waals surface area (Å²) in [4.78, 5) is 0. The largest absolute Gasteiger partial charge is 0.491 e. The topological polar surface area (TPSA) is 34.4 Å². The summed E-state index contributed by atoms with van der Waals surface area (Å²) in [5.41, 5.74) is 1.39. The molecule has 0 saturated heterocycles. The number of rotatable bonds is 9. The fourth-order valence-corrected chi connectivity index (χ4v) is 2.83. The van der Waals surface area contributed by atoms with Crippen molar-refractivity contribution in [2.45, 2.75) is 52.7 Å². The Morgan fingerprint density at radius 3 is 2.35 bits per heavy atom. The van der Waals surface area contributed by atoms with Gasteiger partial charge in [-0.2, -0.15) is 0 Å². The maximum absolute atomic E-state index is 5.73. The number of furan rings is 1. The zero-order valence-corrected chi connectivity index (χ0v) is 14.7. The highest BCUT2D eigenvalue weighted by molar-refractivity contribution is 5.30. The van der Waals surface area contributed by atoms with Crippen LogP contribution in [-0.2, 0) is 6.54 Å². The van der Waals surface area contributed by atoms with Gasteiger partial charge in [-0.3, -0.25) is 0 Å². The standard InChI is InChI=1S/C20H29NO2/c1-15(2)20(11-12-21-14-19-6-5-13-22-19)17-7-9-18(10-8-17)23-16(3)4/h5-10,13,15-16,20-21H,11-12,14H2,1-4H3/t20-/m1/s1. The van der Waals surface area contributed by atoms with E-state index in [1.807, 2.05) is 12.1 Å². The molecule has 0 radical (unpaired) electrons. The molecule has 0 aliphatic heterocycles. The average Bonchev–Trinajstić information content (AvgIpc) is 3.01. The van der Waals surface area contributed by atoms with Crippen LogP contribution in [0.5, 0.6) is 5.75 Å². The van der Waals surface area contributed by atoms with Crippen molar-refractivity contribution in [1.29, 1.82) is 0 Å². The van der Waals surface area contributed by atoms with Crippen LogP contribution in [0.15, 0.2) is 47.1 Å². The minimum absolute atomic E-state index is 0.215. The summed E-state index contributed by atoms with van der Waals surface area (Å²) >= 11 is 0. The summed E-state index contributed by atoms with van der Waals surface area (Å²) < 4.78 is 11.1. The quantitative estimate of drug-likeness (QED) is 0.662. The third kappa shape index (κ3) is 5.76. The van der Waals surface area contributed by atoms with Crippen molar-refractivity contribution < 1.29 is 9.15 Å². The summed E-state index contributed by atoms with van der Waals surface area (Å²) in [6.07, 6.45) is 3.05. The molecule has 1 aromatic carbocycles. The summed E-state index contributed by atoms with van der Waals surface area (Å²) in [5, 5.41) is 3.46. The van der Waals surface area contributed by atoms with E-state index in [2.05, 4.69) is 57.3 Å². The maximum atomic E-state index is 5.73. The van der Waals surface area contributed by atoms with Gasteiger partial charge in [0.15, 0.2) is 0 Å². The monoisotopic (exact) mass is 315 g/mol. The second-order valence-corrected chi connectivity index (χ2v) is 6.63. The minimum Gasteiger partial charge on any atom is -0.491 e. The molecule has 0 bridgehead atoms. The molecule has 23 heavy (non-hydrogen) atoms. The van der Waals surface area contributed by atoms with Gasteiger partial charge in [0.2, 0.25) is 0 Å². The van der Waals surface area contributed by atoms with Gasteiger partial charge in [-0.15, -0.1) is 0 Å². The average molecular weight is 315 g/mol. The van der Waals surface area contributed by atoms with Gasteiger partial charge in [0.25, 0.3) is 0 Å². The first-order valence-electron chi connectivity index (χ1n) is 8.56. The smallest absolute Gasteiger partial charge is 0.119 e. The van der Waals surface area contributed by atoms with E-state index in [-0.39, 0.29) is 6.10 Å². The van der Waals surface area contributed by atoms with Crippen molar-refractivity contribution in [1.82, 2.24) is 5.32 Å². The predicted octanol–water partition coefficient (Wildman–Crippen LogP) is 4.99. The Morgan fingerprint density at radius 2 is 1.78 bits per heavy atom. The van der Waals surface area contributed by atoms with Crippen LogP contribution < -0.4 is 10.1 Å². The Morgan fingerprint density at radius 1 is 1.04 bits per heavy atom. The Hall–Kier alpha value is -1.74. The molecular formula is C20H29NO2. The lowest BCUT2D eigenvalue weighted by Gasteiger charge is -2.22. The molecule has 1 aromatic heterocycles. The van der Waals surface area contributed by atoms with Gasteiger partial charge in [0.1, 0.15) is 11.5 Å². The number of hydrogen-bond donors (Lipinski definition) is 1. The predicted molar refractivity (Wildman–Crippen MR) is 94.8 cm³/mol. The SMILES string of the molecule is CC(C)Oc1ccc([C@H](CCNCc2ccco2)C(C)C)cc1. The van der Waals surface area contributed by atoms with Crippen LogP contribution in [0.4, 0.5) is 0 Å². The second kappa shape index (κ2) is 8.78. The van der Waals surface area contributed by atoms with Gasteiger partial charge in [-0.05, 0) is 68.5 Å². The molecule has 0 unspecified atom stereocenters. The molecule has 0 spiro atoms. The van der Waals surface area contributed by atoms with Crippen LogP contribution in [-0.4, -0.2) is 12.6 Å². The van der Waals surface area contributed by atoms with Crippen molar-refractivity contribution in [3.05, 3.63) is 54.0 Å². The Labute approximate surface area is 140 Å². The number of benzene rings is 1. The number of ether oxygens (including phenoxy) is 1. The highest BCUT2D eigenvalue weighted by atomic mass is 16.5. The second-order valence-electron chi connectivity index (χ2n) is 6.63. The molecular weight excluding hydrogens is 286 g/mol. The van der Waals surface area contributed by atoms with Crippen LogP contribution in [0.25, 0.3) is 0 Å². The lowest BCUT2D eigenvalue weighted by Crippen LogP contribution is -2.19. The maximum Gasteiger partial charge on any atom is 0.119 e. The minimum atomic E-state index is 0.215. The van der Waals surface area contributed by atoms with Crippen LogP contribution in [0, 0.1) is 5.92 Å². The third-order valence-electron chi connectivity index (χ3n) is 4.00. The third-order valence-corrected chi connectivity index (χ3v) is 4.00. The van der Waals surface area contributed by atoms with E-state index in [0.29, 0.717) is 11.8 Å². The molecule has 3 heteroatoms. The van der Waals surface area contributed by atoms with E-state index in [0.717, 1.165) is 31.0 Å².